The highest BCUT2D eigenvalue weighted by atomic mass is 79.9. The number of hydrogen-bond acceptors (Lipinski definition) is 2. The molecule has 2 aromatic carbocycles. The molecule has 1 aromatic heterocycles. The molecule has 0 spiro atoms. The number of carbonyl (C=O) groups excluding carboxylic acids is 1. The second kappa shape index (κ2) is 7.13. The molecule has 0 bridgehead atoms. The molecule has 0 saturated heterocycles. The molecule has 0 saturated carbocycles. The standard InChI is InChI=1S/C17H10BrClF3N3O/c18-10-3-1-9(2-4-10)14-8-15(25-24-14)16(26)23-11-5-6-13(19)12(7-11)17(20,21)22/h1-8H,(H,23,26)(H,24,25). The molecule has 9 heteroatoms. The SMILES string of the molecule is O=C(Nc1ccc(Cl)c(C(F)(F)F)c1)c1cc(-c2ccc(Br)cc2)n[nH]1. The molecule has 134 valence electrons. The summed E-state index contributed by atoms with van der Waals surface area (Å²) in [4.78, 5) is 12.3. The molecule has 0 aliphatic heterocycles. The monoisotopic (exact) mass is 443 g/mol. The third kappa shape index (κ3) is 4.08. The Hall–Kier alpha value is -2.32. The first-order valence-electron chi connectivity index (χ1n) is 7.23. The van der Waals surface area contributed by atoms with Crippen molar-refractivity contribution in [2.24, 2.45) is 0 Å². The molecule has 3 aromatic rings. The predicted octanol–water partition coefficient (Wildman–Crippen LogP) is 5.76. The Kier molecular flexibility index (Phi) is 5.06. The van der Waals surface area contributed by atoms with Gasteiger partial charge in [0.1, 0.15) is 5.69 Å². The number of nitrogens with one attached hydrogen (secondary N) is 2. The van der Waals surface area contributed by atoms with Crippen LogP contribution in [0.1, 0.15) is 16.1 Å². The van der Waals surface area contributed by atoms with Gasteiger partial charge in [-0.05, 0) is 36.4 Å². The summed E-state index contributed by atoms with van der Waals surface area (Å²) in [6.07, 6.45) is -4.61. The smallest absolute Gasteiger partial charge is 0.321 e. The van der Waals surface area contributed by atoms with E-state index in [0.717, 1.165) is 22.2 Å². The van der Waals surface area contributed by atoms with Gasteiger partial charge < -0.3 is 5.32 Å². The molecule has 1 heterocycles. The summed E-state index contributed by atoms with van der Waals surface area (Å²) in [7, 11) is 0. The molecule has 1 amide bonds. The molecule has 3 rings (SSSR count). The quantitative estimate of drug-likeness (QED) is 0.539. The largest absolute Gasteiger partial charge is 0.417 e. The molecule has 0 unspecified atom stereocenters. The molecule has 0 atom stereocenters. The highest BCUT2D eigenvalue weighted by Gasteiger charge is 2.33. The van der Waals surface area contributed by atoms with Gasteiger partial charge in [0.15, 0.2) is 0 Å². The van der Waals surface area contributed by atoms with Crippen LogP contribution in [0.2, 0.25) is 5.02 Å². The minimum Gasteiger partial charge on any atom is -0.321 e. The van der Waals surface area contributed by atoms with E-state index in [1.165, 1.54) is 12.1 Å². The number of halogens is 5. The summed E-state index contributed by atoms with van der Waals surface area (Å²) in [5.74, 6) is -0.615. The van der Waals surface area contributed by atoms with E-state index in [2.05, 4.69) is 31.4 Å². The maximum absolute atomic E-state index is 12.9. The molecule has 26 heavy (non-hydrogen) atoms. The van der Waals surface area contributed by atoms with Crippen LogP contribution in [0.5, 0.6) is 0 Å². The zero-order valence-electron chi connectivity index (χ0n) is 12.9. The second-order valence-corrected chi connectivity index (χ2v) is 6.64. The Bertz CT molecular complexity index is 955. The van der Waals surface area contributed by atoms with Crippen LogP contribution >= 0.6 is 27.5 Å². The van der Waals surface area contributed by atoms with Crippen molar-refractivity contribution in [2.45, 2.75) is 6.18 Å². The van der Waals surface area contributed by atoms with Crippen LogP contribution < -0.4 is 5.32 Å². The Morgan fingerprint density at radius 3 is 2.46 bits per heavy atom. The van der Waals surface area contributed by atoms with Crippen molar-refractivity contribution in [1.29, 1.82) is 0 Å². The molecule has 4 nitrogen and oxygen atoms in total. The van der Waals surface area contributed by atoms with Crippen LogP contribution in [0.25, 0.3) is 11.3 Å². The number of rotatable bonds is 3. The zero-order chi connectivity index (χ0) is 18.9. The lowest BCUT2D eigenvalue weighted by atomic mass is 10.1. The second-order valence-electron chi connectivity index (χ2n) is 5.32. The van der Waals surface area contributed by atoms with Gasteiger partial charge in [0.2, 0.25) is 0 Å². The van der Waals surface area contributed by atoms with E-state index in [1.807, 2.05) is 24.3 Å². The minimum atomic E-state index is -4.61. The van der Waals surface area contributed by atoms with Crippen LogP contribution in [0, 0.1) is 0 Å². The fourth-order valence-corrected chi connectivity index (χ4v) is 2.71. The van der Waals surface area contributed by atoms with E-state index in [4.69, 9.17) is 11.6 Å². The summed E-state index contributed by atoms with van der Waals surface area (Å²) in [5.41, 5.74) is 0.402. The Morgan fingerprint density at radius 1 is 1.12 bits per heavy atom. The van der Waals surface area contributed by atoms with Crippen molar-refractivity contribution in [3.63, 3.8) is 0 Å². The number of amides is 1. The Labute approximate surface area is 159 Å². The van der Waals surface area contributed by atoms with Gasteiger partial charge in [-0.2, -0.15) is 18.3 Å². The lowest BCUT2D eigenvalue weighted by Gasteiger charge is -2.11. The minimum absolute atomic E-state index is 0.0217. The average molecular weight is 445 g/mol. The first-order chi connectivity index (χ1) is 12.2. The van der Waals surface area contributed by atoms with Gasteiger partial charge in [-0.3, -0.25) is 9.89 Å². The van der Waals surface area contributed by atoms with Gasteiger partial charge in [-0.1, -0.05) is 39.7 Å². The number of anilines is 1. The number of alkyl halides is 3. The first kappa shape index (κ1) is 18.5. The molecular weight excluding hydrogens is 435 g/mol. The molecule has 0 fully saturated rings. The Morgan fingerprint density at radius 2 is 1.81 bits per heavy atom. The number of H-pyrrole nitrogens is 1. The average Bonchev–Trinajstić information content (AvgIpc) is 3.06. The van der Waals surface area contributed by atoms with E-state index in [1.54, 1.807) is 0 Å². The summed E-state index contributed by atoms with van der Waals surface area (Å²) < 4.78 is 39.6. The lowest BCUT2D eigenvalue weighted by Crippen LogP contribution is -2.14. The molecule has 0 aliphatic rings. The van der Waals surface area contributed by atoms with Gasteiger partial charge >= 0.3 is 6.18 Å². The van der Waals surface area contributed by atoms with Crippen LogP contribution in [0.3, 0.4) is 0 Å². The van der Waals surface area contributed by atoms with Gasteiger partial charge in [-0.15, -0.1) is 0 Å². The Balaban J connectivity index is 1.80. The van der Waals surface area contributed by atoms with Gasteiger partial charge in [0.05, 0.1) is 16.3 Å². The highest BCUT2D eigenvalue weighted by Crippen LogP contribution is 2.36. The number of benzene rings is 2. The number of carbonyl (C=O) groups is 1. The number of aromatic nitrogens is 2. The molecule has 0 radical (unpaired) electrons. The summed E-state index contributed by atoms with van der Waals surface area (Å²) in [6.45, 7) is 0. The van der Waals surface area contributed by atoms with Gasteiger partial charge in [-0.25, -0.2) is 0 Å². The van der Waals surface area contributed by atoms with E-state index < -0.39 is 22.7 Å². The first-order valence-corrected chi connectivity index (χ1v) is 8.40. The van der Waals surface area contributed by atoms with E-state index in [9.17, 15) is 18.0 Å². The number of nitrogens with zero attached hydrogens (tertiary/aromatic N) is 1. The van der Waals surface area contributed by atoms with Crippen molar-refractivity contribution in [1.82, 2.24) is 10.2 Å². The van der Waals surface area contributed by atoms with Crippen molar-refractivity contribution in [3.8, 4) is 11.3 Å². The van der Waals surface area contributed by atoms with Crippen molar-refractivity contribution in [3.05, 3.63) is 69.3 Å². The maximum Gasteiger partial charge on any atom is 0.417 e. The van der Waals surface area contributed by atoms with Crippen molar-refractivity contribution < 1.29 is 18.0 Å². The normalized spacial score (nSPS) is 11.4. The fraction of sp³-hybridized carbons (Fsp3) is 0.0588. The topological polar surface area (TPSA) is 57.8 Å². The van der Waals surface area contributed by atoms with Gasteiger partial charge in [0, 0.05) is 15.7 Å². The number of aromatic amines is 1. The fourth-order valence-electron chi connectivity index (χ4n) is 2.23. The lowest BCUT2D eigenvalue weighted by molar-refractivity contribution is -0.137. The van der Waals surface area contributed by atoms with Crippen LogP contribution in [-0.2, 0) is 6.18 Å². The zero-order valence-corrected chi connectivity index (χ0v) is 15.2. The van der Waals surface area contributed by atoms with E-state index in [0.29, 0.717) is 5.69 Å². The van der Waals surface area contributed by atoms with Crippen LogP contribution in [0.15, 0.2) is 53.0 Å². The van der Waals surface area contributed by atoms with E-state index >= 15 is 0 Å². The summed E-state index contributed by atoms with van der Waals surface area (Å²) in [5, 5.41) is 8.58. The molecular formula is C17H10BrClF3N3O. The summed E-state index contributed by atoms with van der Waals surface area (Å²) in [6, 6.07) is 12.0. The summed E-state index contributed by atoms with van der Waals surface area (Å²) >= 11 is 8.89. The van der Waals surface area contributed by atoms with E-state index in [-0.39, 0.29) is 11.4 Å². The molecule has 0 aliphatic carbocycles. The van der Waals surface area contributed by atoms with Gasteiger partial charge in [0.25, 0.3) is 5.91 Å². The highest BCUT2D eigenvalue weighted by molar-refractivity contribution is 9.10. The third-order valence-electron chi connectivity index (χ3n) is 3.49. The third-order valence-corrected chi connectivity index (χ3v) is 4.35. The predicted molar refractivity (Wildman–Crippen MR) is 96.1 cm³/mol. The van der Waals surface area contributed by atoms with Crippen molar-refractivity contribution >= 4 is 39.1 Å². The van der Waals surface area contributed by atoms with Crippen molar-refractivity contribution in [2.75, 3.05) is 5.32 Å². The number of hydrogen-bond donors (Lipinski definition) is 2. The van der Waals surface area contributed by atoms with Crippen LogP contribution in [-0.4, -0.2) is 16.1 Å². The molecule has 2 N–H and O–H groups in total. The van der Waals surface area contributed by atoms with Crippen LogP contribution in [0.4, 0.5) is 18.9 Å². The maximum atomic E-state index is 12.9.